The smallest absolute Gasteiger partial charge is 0.272 e. The fraction of sp³-hybridized carbons (Fsp3) is 0.647. The molecule has 1 N–H and O–H groups in total. The number of nitrogens with one attached hydrogen (secondary N) is 1. The molecular weight excluding hydrogens is 294 g/mol. The quantitative estimate of drug-likeness (QED) is 0.667. The average molecular weight is 319 g/mol. The molecule has 0 aromatic heterocycles. The van der Waals surface area contributed by atoms with Crippen LogP contribution in [0.3, 0.4) is 0 Å². The Balaban J connectivity index is 1.58. The van der Waals surface area contributed by atoms with Crippen molar-refractivity contribution in [3.05, 3.63) is 39.4 Å². The lowest BCUT2D eigenvalue weighted by Crippen LogP contribution is -2.49. The molecule has 0 bridgehead atoms. The minimum absolute atomic E-state index is 0.0646. The summed E-state index contributed by atoms with van der Waals surface area (Å²) in [6.07, 6.45) is 2.73. The summed E-state index contributed by atoms with van der Waals surface area (Å²) in [5.74, 6) is 0. The second kappa shape index (κ2) is 6.95. The number of morpholine rings is 1. The summed E-state index contributed by atoms with van der Waals surface area (Å²) in [5, 5.41) is 14.5. The van der Waals surface area contributed by atoms with E-state index in [1.165, 1.54) is 19.4 Å². The monoisotopic (exact) mass is 319 g/mol. The predicted molar refractivity (Wildman–Crippen MR) is 88.6 cm³/mol. The topological polar surface area (TPSA) is 67.6 Å². The molecule has 2 aliphatic rings. The standard InChI is InChI=1S/C17H25N3O3/c1-12-16(6-3-7-17(12)20(21)22)13(2)18-9-15-10-19-8-4-5-14(19)11-23-15/h3,6-7,13-15,18H,4-5,8-11H2,1-2H3/t13-,14+,15-/m0/s1. The van der Waals surface area contributed by atoms with E-state index in [0.29, 0.717) is 6.04 Å². The summed E-state index contributed by atoms with van der Waals surface area (Å²) in [6, 6.07) is 5.95. The van der Waals surface area contributed by atoms with E-state index in [-0.39, 0.29) is 22.8 Å². The number of nitrogens with zero attached hydrogens (tertiary/aromatic N) is 2. The van der Waals surface area contributed by atoms with Gasteiger partial charge >= 0.3 is 0 Å². The van der Waals surface area contributed by atoms with E-state index in [9.17, 15) is 10.1 Å². The number of benzene rings is 1. The van der Waals surface area contributed by atoms with Crippen LogP contribution < -0.4 is 5.32 Å². The van der Waals surface area contributed by atoms with Crippen molar-refractivity contribution >= 4 is 5.69 Å². The van der Waals surface area contributed by atoms with E-state index in [4.69, 9.17) is 4.74 Å². The molecule has 2 fully saturated rings. The molecule has 0 radical (unpaired) electrons. The highest BCUT2D eigenvalue weighted by Crippen LogP contribution is 2.26. The summed E-state index contributed by atoms with van der Waals surface area (Å²) < 4.78 is 5.96. The SMILES string of the molecule is Cc1c([C@H](C)NC[C@H]2CN3CCC[C@@H]3CO2)cccc1[N+](=O)[O-]. The Morgan fingerprint density at radius 3 is 3.13 bits per heavy atom. The second-order valence-corrected chi connectivity index (χ2v) is 6.62. The van der Waals surface area contributed by atoms with Gasteiger partial charge in [-0.05, 0) is 38.8 Å². The molecule has 1 aromatic carbocycles. The van der Waals surface area contributed by atoms with Gasteiger partial charge in [0.25, 0.3) is 5.69 Å². The Kier molecular flexibility index (Phi) is 4.94. The molecule has 2 aliphatic heterocycles. The van der Waals surface area contributed by atoms with Gasteiger partial charge in [-0.15, -0.1) is 0 Å². The van der Waals surface area contributed by atoms with Crippen molar-refractivity contribution < 1.29 is 9.66 Å². The number of nitro groups is 1. The van der Waals surface area contributed by atoms with Gasteiger partial charge < -0.3 is 10.1 Å². The van der Waals surface area contributed by atoms with Gasteiger partial charge in [0.1, 0.15) is 0 Å². The van der Waals surface area contributed by atoms with Crippen molar-refractivity contribution in [1.29, 1.82) is 0 Å². The van der Waals surface area contributed by atoms with Gasteiger partial charge in [0.05, 0.1) is 17.6 Å². The Morgan fingerprint density at radius 2 is 2.35 bits per heavy atom. The van der Waals surface area contributed by atoms with Crippen LogP contribution in [0.2, 0.25) is 0 Å². The van der Waals surface area contributed by atoms with Crippen LogP contribution in [0, 0.1) is 17.0 Å². The summed E-state index contributed by atoms with van der Waals surface area (Å²) in [7, 11) is 0. The minimum Gasteiger partial charge on any atom is -0.374 e. The van der Waals surface area contributed by atoms with Gasteiger partial charge in [0.2, 0.25) is 0 Å². The fourth-order valence-corrected chi connectivity index (χ4v) is 3.74. The van der Waals surface area contributed by atoms with E-state index in [1.54, 1.807) is 12.1 Å². The van der Waals surface area contributed by atoms with E-state index in [2.05, 4.69) is 10.2 Å². The molecule has 6 heteroatoms. The molecule has 0 amide bonds. The van der Waals surface area contributed by atoms with Crippen LogP contribution in [0.4, 0.5) is 5.69 Å². The van der Waals surface area contributed by atoms with Gasteiger partial charge in [0.15, 0.2) is 0 Å². The van der Waals surface area contributed by atoms with Gasteiger partial charge in [-0.25, -0.2) is 0 Å². The van der Waals surface area contributed by atoms with Crippen molar-refractivity contribution in [3.8, 4) is 0 Å². The van der Waals surface area contributed by atoms with E-state index in [1.807, 2.05) is 19.9 Å². The molecule has 1 aromatic rings. The zero-order valence-corrected chi connectivity index (χ0v) is 13.8. The molecule has 6 nitrogen and oxygen atoms in total. The van der Waals surface area contributed by atoms with Crippen molar-refractivity contribution in [3.63, 3.8) is 0 Å². The molecule has 0 spiro atoms. The summed E-state index contributed by atoms with van der Waals surface area (Å²) in [4.78, 5) is 13.3. The second-order valence-electron chi connectivity index (χ2n) is 6.62. The molecule has 0 saturated carbocycles. The maximum Gasteiger partial charge on any atom is 0.272 e. The lowest BCUT2D eigenvalue weighted by molar-refractivity contribution is -0.385. The highest BCUT2D eigenvalue weighted by Gasteiger charge is 2.32. The Labute approximate surface area is 137 Å². The molecule has 0 unspecified atom stereocenters. The molecule has 2 saturated heterocycles. The number of ether oxygens (including phenoxy) is 1. The van der Waals surface area contributed by atoms with Crippen LogP contribution in [-0.4, -0.2) is 48.2 Å². The minimum atomic E-state index is -0.316. The lowest BCUT2D eigenvalue weighted by atomic mass is 10.0. The van der Waals surface area contributed by atoms with Gasteiger partial charge in [0, 0.05) is 36.8 Å². The summed E-state index contributed by atoms with van der Waals surface area (Å²) >= 11 is 0. The Morgan fingerprint density at radius 1 is 1.52 bits per heavy atom. The van der Waals surface area contributed by atoms with Crippen LogP contribution in [0.15, 0.2) is 18.2 Å². The largest absolute Gasteiger partial charge is 0.374 e. The first-order valence-corrected chi connectivity index (χ1v) is 8.39. The maximum absolute atomic E-state index is 11.1. The average Bonchev–Trinajstić information content (AvgIpc) is 3.00. The number of hydrogen-bond donors (Lipinski definition) is 1. The van der Waals surface area contributed by atoms with Crippen molar-refractivity contribution in [2.75, 3.05) is 26.2 Å². The maximum atomic E-state index is 11.1. The van der Waals surface area contributed by atoms with Crippen molar-refractivity contribution in [2.24, 2.45) is 0 Å². The highest BCUT2D eigenvalue weighted by molar-refractivity contribution is 5.45. The first-order chi connectivity index (χ1) is 11.1. The van der Waals surface area contributed by atoms with Crippen molar-refractivity contribution in [2.45, 2.75) is 44.9 Å². The number of fused-ring (bicyclic) bond motifs is 1. The van der Waals surface area contributed by atoms with Gasteiger partial charge in [-0.1, -0.05) is 12.1 Å². The van der Waals surface area contributed by atoms with Gasteiger partial charge in [-0.3, -0.25) is 15.0 Å². The molecule has 3 atom stereocenters. The summed E-state index contributed by atoms with van der Waals surface area (Å²) in [5.41, 5.74) is 1.90. The number of rotatable bonds is 5. The van der Waals surface area contributed by atoms with Gasteiger partial charge in [-0.2, -0.15) is 0 Å². The van der Waals surface area contributed by atoms with Crippen LogP contribution in [0.1, 0.15) is 36.9 Å². The molecular formula is C17H25N3O3. The third-order valence-electron chi connectivity index (χ3n) is 5.12. The third-order valence-corrected chi connectivity index (χ3v) is 5.12. The van der Waals surface area contributed by atoms with Crippen molar-refractivity contribution in [1.82, 2.24) is 10.2 Å². The molecule has 2 heterocycles. The third kappa shape index (κ3) is 3.54. The van der Waals surface area contributed by atoms with Crippen LogP contribution in [-0.2, 0) is 4.74 Å². The molecule has 126 valence electrons. The number of nitro benzene ring substituents is 1. The van der Waals surface area contributed by atoms with Crippen LogP contribution in [0.25, 0.3) is 0 Å². The first kappa shape index (κ1) is 16.4. The molecule has 0 aliphatic carbocycles. The normalized spacial score (nSPS) is 26.0. The zero-order valence-electron chi connectivity index (χ0n) is 13.8. The zero-order chi connectivity index (χ0) is 16.4. The summed E-state index contributed by atoms with van der Waals surface area (Å²) in [6.45, 7) is 7.64. The fourth-order valence-electron chi connectivity index (χ4n) is 3.74. The Bertz CT molecular complexity index is 578. The van der Waals surface area contributed by atoms with E-state index in [0.717, 1.165) is 30.8 Å². The lowest BCUT2D eigenvalue weighted by Gasteiger charge is -2.35. The number of hydrogen-bond acceptors (Lipinski definition) is 5. The molecule has 23 heavy (non-hydrogen) atoms. The first-order valence-electron chi connectivity index (χ1n) is 8.39. The molecule has 3 rings (SSSR count). The Hall–Kier alpha value is -1.50. The van der Waals surface area contributed by atoms with Crippen LogP contribution >= 0.6 is 0 Å². The van der Waals surface area contributed by atoms with Crippen LogP contribution in [0.5, 0.6) is 0 Å². The highest BCUT2D eigenvalue weighted by atomic mass is 16.6. The predicted octanol–water partition coefficient (Wildman–Crippen LogP) is 2.42. The van der Waals surface area contributed by atoms with E-state index < -0.39 is 0 Å². The van der Waals surface area contributed by atoms with E-state index >= 15 is 0 Å².